The number of hydrogen-bond acceptors (Lipinski definition) is 7. The van der Waals surface area contributed by atoms with Gasteiger partial charge in [-0.2, -0.15) is 0 Å². The summed E-state index contributed by atoms with van der Waals surface area (Å²) in [6.45, 7) is 0.772. The second kappa shape index (κ2) is 6.77. The first-order valence-electron chi connectivity index (χ1n) is 10.5. The molecule has 1 aromatic heterocycles. The number of methoxy groups -OCH3 is 1. The number of ether oxygens (including phenoxy) is 3. The van der Waals surface area contributed by atoms with Crippen LogP contribution in [0.15, 0.2) is 18.2 Å². The van der Waals surface area contributed by atoms with Crippen LogP contribution < -0.4 is 9.47 Å². The van der Waals surface area contributed by atoms with Gasteiger partial charge in [0.2, 0.25) is 12.7 Å². The molecule has 3 aliphatic heterocycles. The summed E-state index contributed by atoms with van der Waals surface area (Å²) in [7, 11) is 1.51. The highest BCUT2D eigenvalue weighted by Gasteiger charge is 2.46. The fourth-order valence-corrected chi connectivity index (χ4v) is 5.12. The number of aromatic nitrogens is 1. The van der Waals surface area contributed by atoms with Gasteiger partial charge in [-0.15, -0.1) is 0 Å². The minimum atomic E-state index is -1.28. The standard InChI is InChI=1S/C23H22N2O6/c1-29-9-15-12(18(27)8-26)4-17-22-14(7-25(17)23(15)28)21(11-2-3-11)13-5-19-20(31-10-30-19)6-16(13)24-22/h4-6,8,11-12,15,18,27H,2-3,7,9-10H2,1H3. The molecule has 3 atom stereocenters. The lowest BCUT2D eigenvalue weighted by molar-refractivity contribution is -0.139. The Bertz CT molecular complexity index is 1150. The van der Waals surface area contributed by atoms with Gasteiger partial charge in [0.1, 0.15) is 12.4 Å². The van der Waals surface area contributed by atoms with E-state index < -0.39 is 17.9 Å². The predicted molar refractivity (Wildman–Crippen MR) is 109 cm³/mol. The Balaban J connectivity index is 1.55. The topological polar surface area (TPSA) is 98.2 Å². The van der Waals surface area contributed by atoms with Crippen molar-refractivity contribution >= 4 is 28.8 Å². The number of nitrogens with zero attached hydrogens (tertiary/aromatic N) is 2. The SMILES string of the molecule is COCC1C(=O)N2Cc3c(nc4cc5c(cc4c3C3CC3)OCO5)C2=CC1C(O)C=O. The van der Waals surface area contributed by atoms with E-state index in [0.717, 1.165) is 40.8 Å². The number of pyridine rings is 1. The van der Waals surface area contributed by atoms with Crippen molar-refractivity contribution in [1.82, 2.24) is 9.88 Å². The highest BCUT2D eigenvalue weighted by molar-refractivity contribution is 5.97. The summed E-state index contributed by atoms with van der Waals surface area (Å²) < 4.78 is 16.4. The molecule has 0 radical (unpaired) electrons. The molecular weight excluding hydrogens is 400 g/mol. The molecule has 8 nitrogen and oxygen atoms in total. The third-order valence-electron chi connectivity index (χ3n) is 6.74. The first-order chi connectivity index (χ1) is 15.1. The van der Waals surface area contributed by atoms with Gasteiger partial charge in [-0.1, -0.05) is 6.08 Å². The Morgan fingerprint density at radius 2 is 2.10 bits per heavy atom. The van der Waals surface area contributed by atoms with Gasteiger partial charge in [0.15, 0.2) is 11.5 Å². The molecule has 1 N–H and O–H groups in total. The van der Waals surface area contributed by atoms with E-state index in [1.807, 2.05) is 18.2 Å². The summed E-state index contributed by atoms with van der Waals surface area (Å²) in [6.07, 6.45) is 3.23. The number of aliphatic hydroxyl groups is 1. The molecule has 0 bridgehead atoms. The van der Waals surface area contributed by atoms with Crippen LogP contribution in [0.1, 0.15) is 35.6 Å². The van der Waals surface area contributed by atoms with Gasteiger partial charge in [-0.05, 0) is 30.4 Å². The summed E-state index contributed by atoms with van der Waals surface area (Å²) in [4.78, 5) is 31.3. The lowest BCUT2D eigenvalue weighted by Gasteiger charge is -2.34. The van der Waals surface area contributed by atoms with Gasteiger partial charge in [0.25, 0.3) is 0 Å². The average molecular weight is 422 g/mol. The molecule has 160 valence electrons. The maximum absolute atomic E-state index is 13.4. The van der Waals surface area contributed by atoms with Gasteiger partial charge in [0.05, 0.1) is 36.0 Å². The fraction of sp³-hybridized carbons (Fsp3) is 0.435. The third kappa shape index (κ3) is 2.71. The van der Waals surface area contributed by atoms with Crippen molar-refractivity contribution in [3.63, 3.8) is 0 Å². The number of amides is 1. The Hall–Kier alpha value is -2.97. The minimum absolute atomic E-state index is 0.136. The Morgan fingerprint density at radius 3 is 2.81 bits per heavy atom. The van der Waals surface area contributed by atoms with E-state index in [1.54, 1.807) is 4.90 Å². The number of rotatable bonds is 5. The molecule has 1 aromatic carbocycles. The monoisotopic (exact) mass is 422 g/mol. The van der Waals surface area contributed by atoms with Crippen LogP contribution >= 0.6 is 0 Å². The average Bonchev–Trinajstić information content (AvgIpc) is 3.39. The zero-order valence-electron chi connectivity index (χ0n) is 17.0. The quantitative estimate of drug-likeness (QED) is 0.736. The van der Waals surface area contributed by atoms with Crippen molar-refractivity contribution in [2.24, 2.45) is 11.8 Å². The maximum Gasteiger partial charge on any atom is 0.233 e. The Morgan fingerprint density at radius 1 is 1.32 bits per heavy atom. The van der Waals surface area contributed by atoms with Crippen molar-refractivity contribution < 1.29 is 28.9 Å². The van der Waals surface area contributed by atoms with E-state index in [4.69, 9.17) is 19.2 Å². The molecule has 1 amide bonds. The predicted octanol–water partition coefficient (Wildman–Crippen LogP) is 1.98. The molecular formula is C23H22N2O6. The maximum atomic E-state index is 13.4. The molecule has 3 unspecified atom stereocenters. The number of carbonyl (C=O) groups excluding carboxylic acids is 2. The van der Waals surface area contributed by atoms with Crippen LogP contribution in [-0.2, 0) is 20.9 Å². The first kappa shape index (κ1) is 18.8. The smallest absolute Gasteiger partial charge is 0.233 e. The van der Waals surface area contributed by atoms with E-state index in [9.17, 15) is 14.7 Å². The number of fused-ring (bicyclic) bond motifs is 5. The van der Waals surface area contributed by atoms with Crippen LogP contribution in [0.3, 0.4) is 0 Å². The van der Waals surface area contributed by atoms with Crippen LogP contribution in [0, 0.1) is 11.8 Å². The molecule has 8 heteroatoms. The van der Waals surface area contributed by atoms with Gasteiger partial charge < -0.3 is 29.0 Å². The molecule has 0 spiro atoms. The molecule has 1 saturated carbocycles. The van der Waals surface area contributed by atoms with Gasteiger partial charge in [0, 0.05) is 30.0 Å². The molecule has 0 saturated heterocycles. The van der Waals surface area contributed by atoms with Crippen LogP contribution in [0.25, 0.3) is 16.6 Å². The lowest BCUT2D eigenvalue weighted by Crippen LogP contribution is -2.45. The summed E-state index contributed by atoms with van der Waals surface area (Å²) >= 11 is 0. The number of hydrogen-bond donors (Lipinski definition) is 1. The highest BCUT2D eigenvalue weighted by atomic mass is 16.7. The minimum Gasteiger partial charge on any atom is -0.454 e. The third-order valence-corrected chi connectivity index (χ3v) is 6.74. The second-order valence-corrected chi connectivity index (χ2v) is 8.59. The Kier molecular flexibility index (Phi) is 4.10. The summed E-state index contributed by atoms with van der Waals surface area (Å²) in [5.74, 6) is 0.399. The Labute approximate surface area is 178 Å². The molecule has 2 aromatic rings. The number of aliphatic hydroxyl groups excluding tert-OH is 1. The molecule has 31 heavy (non-hydrogen) atoms. The number of benzene rings is 1. The second-order valence-electron chi connectivity index (χ2n) is 8.59. The fourth-order valence-electron chi connectivity index (χ4n) is 5.12. The van der Waals surface area contributed by atoms with Crippen molar-refractivity contribution in [2.75, 3.05) is 20.5 Å². The van der Waals surface area contributed by atoms with Crippen LogP contribution in [0.2, 0.25) is 0 Å². The molecule has 4 heterocycles. The van der Waals surface area contributed by atoms with E-state index in [2.05, 4.69) is 0 Å². The lowest BCUT2D eigenvalue weighted by atomic mass is 9.83. The summed E-state index contributed by atoms with van der Waals surface area (Å²) in [5, 5.41) is 11.3. The molecule has 6 rings (SSSR count). The van der Waals surface area contributed by atoms with Crippen molar-refractivity contribution in [1.29, 1.82) is 0 Å². The number of carbonyl (C=O) groups is 2. The van der Waals surface area contributed by atoms with Crippen molar-refractivity contribution in [3.8, 4) is 11.5 Å². The van der Waals surface area contributed by atoms with Gasteiger partial charge >= 0.3 is 0 Å². The zero-order chi connectivity index (χ0) is 21.3. The van der Waals surface area contributed by atoms with Crippen LogP contribution in [-0.4, -0.2) is 53.8 Å². The van der Waals surface area contributed by atoms with Crippen LogP contribution in [0.4, 0.5) is 0 Å². The normalized spacial score (nSPS) is 24.8. The van der Waals surface area contributed by atoms with E-state index in [0.29, 0.717) is 30.2 Å². The first-order valence-corrected chi connectivity index (χ1v) is 10.5. The summed E-state index contributed by atoms with van der Waals surface area (Å²) in [5.41, 5.74) is 4.48. The highest BCUT2D eigenvalue weighted by Crippen LogP contribution is 2.51. The molecule has 4 aliphatic rings. The van der Waals surface area contributed by atoms with Gasteiger partial charge in [-0.25, -0.2) is 4.98 Å². The largest absolute Gasteiger partial charge is 0.454 e. The number of aldehydes is 1. The van der Waals surface area contributed by atoms with Crippen molar-refractivity contribution in [3.05, 3.63) is 35.0 Å². The zero-order valence-corrected chi connectivity index (χ0v) is 17.0. The molecule has 1 aliphatic carbocycles. The van der Waals surface area contributed by atoms with E-state index >= 15 is 0 Å². The molecule has 1 fully saturated rings. The van der Waals surface area contributed by atoms with Crippen LogP contribution in [0.5, 0.6) is 11.5 Å². The van der Waals surface area contributed by atoms with E-state index in [1.165, 1.54) is 12.7 Å². The van der Waals surface area contributed by atoms with E-state index in [-0.39, 0.29) is 19.3 Å². The summed E-state index contributed by atoms with van der Waals surface area (Å²) in [6, 6.07) is 3.89. The van der Waals surface area contributed by atoms with Crippen molar-refractivity contribution in [2.45, 2.75) is 31.4 Å². The van der Waals surface area contributed by atoms with Gasteiger partial charge in [-0.3, -0.25) is 4.79 Å².